The molecule has 0 aromatic heterocycles. The van der Waals surface area contributed by atoms with Gasteiger partial charge in [-0.05, 0) is 26.3 Å². The highest BCUT2D eigenvalue weighted by Gasteiger charge is 2.28. The van der Waals surface area contributed by atoms with E-state index < -0.39 is 10.8 Å². The Kier molecular flexibility index (Phi) is 7.62. The highest BCUT2D eigenvalue weighted by molar-refractivity contribution is 8.00. The van der Waals surface area contributed by atoms with Crippen LogP contribution in [-0.4, -0.2) is 57.5 Å². The Hall–Kier alpha value is -1.01. The van der Waals surface area contributed by atoms with Crippen molar-refractivity contribution in [3.05, 3.63) is 35.9 Å². The average molecular weight is 368 g/mol. The van der Waals surface area contributed by atoms with E-state index in [1.165, 1.54) is 0 Å². The van der Waals surface area contributed by atoms with E-state index in [1.807, 2.05) is 42.1 Å². The Balaban J connectivity index is 1.87. The maximum atomic E-state index is 12.2. The molecule has 1 atom stereocenters. The summed E-state index contributed by atoms with van der Waals surface area (Å²) in [5, 5.41) is 3.38. The minimum absolute atomic E-state index is 0.255. The van der Waals surface area contributed by atoms with Crippen molar-refractivity contribution in [3.63, 3.8) is 0 Å². The molecule has 1 aliphatic rings. The van der Waals surface area contributed by atoms with Gasteiger partial charge in [-0.3, -0.25) is 9.20 Å². The minimum Gasteiger partial charge on any atom is -0.357 e. The van der Waals surface area contributed by atoms with Crippen molar-refractivity contribution in [3.8, 4) is 0 Å². The van der Waals surface area contributed by atoms with Gasteiger partial charge in [-0.2, -0.15) is 11.8 Å². The smallest absolute Gasteiger partial charge is 0.194 e. The second-order valence-corrected chi connectivity index (χ2v) is 9.92. The molecule has 1 unspecified atom stereocenters. The molecule has 4 nitrogen and oxygen atoms in total. The van der Waals surface area contributed by atoms with Crippen LogP contribution >= 0.6 is 11.8 Å². The summed E-state index contributed by atoms with van der Waals surface area (Å²) in [7, 11) is -0.869. The van der Waals surface area contributed by atoms with Crippen molar-refractivity contribution < 1.29 is 4.21 Å². The van der Waals surface area contributed by atoms with Crippen LogP contribution in [0.1, 0.15) is 26.3 Å². The van der Waals surface area contributed by atoms with Crippen LogP contribution < -0.4 is 5.32 Å². The summed E-state index contributed by atoms with van der Waals surface area (Å²) in [6.07, 6.45) is 0. The number of hydrogen-bond acceptors (Lipinski definition) is 3. The summed E-state index contributed by atoms with van der Waals surface area (Å²) >= 11 is 2.02. The second-order valence-electron chi connectivity index (χ2n) is 6.54. The summed E-state index contributed by atoms with van der Waals surface area (Å²) < 4.78 is 12.5. The number of nitrogens with one attached hydrogen (secondary N) is 1. The third kappa shape index (κ3) is 6.48. The van der Waals surface area contributed by atoms with Crippen molar-refractivity contribution in [1.29, 1.82) is 0 Å². The van der Waals surface area contributed by atoms with E-state index in [1.54, 1.807) is 0 Å². The zero-order valence-corrected chi connectivity index (χ0v) is 16.6. The molecule has 24 heavy (non-hydrogen) atoms. The first-order valence-electron chi connectivity index (χ1n) is 8.56. The summed E-state index contributed by atoms with van der Waals surface area (Å²) in [4.78, 5) is 7.05. The fraction of sp³-hybridized carbons (Fsp3) is 0.611. The van der Waals surface area contributed by atoms with Gasteiger partial charge in [0.1, 0.15) is 0 Å². The SMILES string of the molecule is CCNC(=NCCS(=O)Cc1ccccc1)N1CCSC(C)(C)C1. The summed E-state index contributed by atoms with van der Waals surface area (Å²) in [5.41, 5.74) is 1.13. The van der Waals surface area contributed by atoms with Gasteiger partial charge in [0.2, 0.25) is 0 Å². The quantitative estimate of drug-likeness (QED) is 0.620. The lowest BCUT2D eigenvalue weighted by atomic mass is 10.2. The fourth-order valence-corrected chi connectivity index (χ4v) is 4.82. The fourth-order valence-electron chi connectivity index (χ4n) is 2.71. The van der Waals surface area contributed by atoms with Crippen molar-refractivity contribution in [2.45, 2.75) is 31.3 Å². The molecule has 1 aromatic rings. The van der Waals surface area contributed by atoms with Crippen molar-refractivity contribution in [2.75, 3.05) is 37.7 Å². The molecular formula is C18H29N3OS2. The molecule has 1 N–H and O–H groups in total. The first-order chi connectivity index (χ1) is 11.5. The predicted molar refractivity (Wildman–Crippen MR) is 107 cm³/mol. The van der Waals surface area contributed by atoms with E-state index in [-0.39, 0.29) is 4.75 Å². The molecule has 134 valence electrons. The summed E-state index contributed by atoms with van der Waals surface area (Å²) in [5.74, 6) is 3.30. The highest BCUT2D eigenvalue weighted by Crippen LogP contribution is 2.29. The standard InChI is InChI=1S/C18H29N3OS2/c1-4-19-17(21-11-12-23-18(2,3)15-21)20-10-13-24(22)14-16-8-6-5-7-9-16/h5-9H,4,10-15H2,1-3H3,(H,19,20). The molecule has 0 aliphatic carbocycles. The Labute approximate surface area is 153 Å². The van der Waals surface area contributed by atoms with Crippen LogP contribution in [0.4, 0.5) is 0 Å². The maximum absolute atomic E-state index is 12.2. The highest BCUT2D eigenvalue weighted by atomic mass is 32.2. The molecule has 1 aromatic carbocycles. The molecule has 2 rings (SSSR count). The van der Waals surface area contributed by atoms with Gasteiger partial charge in [0, 0.05) is 52.4 Å². The number of thioether (sulfide) groups is 1. The summed E-state index contributed by atoms with van der Waals surface area (Å²) in [6.45, 7) is 10.1. The van der Waals surface area contributed by atoms with E-state index in [4.69, 9.17) is 4.99 Å². The first kappa shape index (κ1) is 19.3. The molecule has 1 aliphatic heterocycles. The monoisotopic (exact) mass is 367 g/mol. The number of nitrogens with zero attached hydrogens (tertiary/aromatic N) is 2. The zero-order chi connectivity index (χ0) is 17.4. The molecule has 6 heteroatoms. The molecule has 0 spiro atoms. The van der Waals surface area contributed by atoms with Gasteiger partial charge < -0.3 is 10.2 Å². The van der Waals surface area contributed by atoms with Crippen LogP contribution in [0, 0.1) is 0 Å². The molecule has 0 amide bonds. The van der Waals surface area contributed by atoms with Crippen LogP contribution in [-0.2, 0) is 16.6 Å². The van der Waals surface area contributed by atoms with Crippen LogP contribution in [0.15, 0.2) is 35.3 Å². The molecule has 0 radical (unpaired) electrons. The van der Waals surface area contributed by atoms with Crippen LogP contribution in [0.25, 0.3) is 0 Å². The number of hydrogen-bond donors (Lipinski definition) is 1. The first-order valence-corrected chi connectivity index (χ1v) is 11.0. The molecule has 0 saturated carbocycles. The van der Waals surface area contributed by atoms with Crippen molar-refractivity contribution >= 4 is 28.5 Å². The minimum atomic E-state index is -0.869. The average Bonchev–Trinajstić information content (AvgIpc) is 2.54. The molecule has 1 saturated heterocycles. The third-order valence-electron chi connectivity index (χ3n) is 3.81. The number of aliphatic imine (C=N–C) groups is 1. The molecule has 1 heterocycles. The largest absolute Gasteiger partial charge is 0.357 e. The number of guanidine groups is 1. The van der Waals surface area contributed by atoms with Gasteiger partial charge in [0.15, 0.2) is 5.96 Å². The Bertz CT molecular complexity index is 561. The van der Waals surface area contributed by atoms with Gasteiger partial charge in [-0.1, -0.05) is 30.3 Å². The van der Waals surface area contributed by atoms with Crippen molar-refractivity contribution in [1.82, 2.24) is 10.2 Å². The Morgan fingerprint density at radius 2 is 2.12 bits per heavy atom. The van der Waals surface area contributed by atoms with E-state index in [2.05, 4.69) is 31.0 Å². The zero-order valence-electron chi connectivity index (χ0n) is 15.0. The Morgan fingerprint density at radius 1 is 1.38 bits per heavy atom. The third-order valence-corrected chi connectivity index (χ3v) is 6.40. The molecule has 0 bridgehead atoms. The normalized spacial score (nSPS) is 19.1. The van der Waals surface area contributed by atoms with Crippen molar-refractivity contribution in [2.24, 2.45) is 4.99 Å². The van der Waals surface area contributed by atoms with Gasteiger partial charge >= 0.3 is 0 Å². The number of benzene rings is 1. The lowest BCUT2D eigenvalue weighted by molar-refractivity contribution is 0.376. The van der Waals surface area contributed by atoms with Crippen LogP contribution in [0.3, 0.4) is 0 Å². The van der Waals surface area contributed by atoms with E-state index in [9.17, 15) is 4.21 Å². The second kappa shape index (κ2) is 9.47. The van der Waals surface area contributed by atoms with Gasteiger partial charge in [0.05, 0.1) is 6.54 Å². The molecular weight excluding hydrogens is 338 g/mol. The van der Waals surface area contributed by atoms with E-state index in [0.29, 0.717) is 18.1 Å². The van der Waals surface area contributed by atoms with E-state index in [0.717, 1.165) is 36.9 Å². The van der Waals surface area contributed by atoms with Gasteiger partial charge in [-0.25, -0.2) is 0 Å². The van der Waals surface area contributed by atoms with Crippen LogP contribution in [0.2, 0.25) is 0 Å². The topological polar surface area (TPSA) is 44.7 Å². The van der Waals surface area contributed by atoms with E-state index >= 15 is 0 Å². The Morgan fingerprint density at radius 3 is 2.79 bits per heavy atom. The predicted octanol–water partition coefficient (Wildman–Crippen LogP) is 2.73. The van der Waals surface area contributed by atoms with Gasteiger partial charge in [0.25, 0.3) is 0 Å². The van der Waals surface area contributed by atoms with Gasteiger partial charge in [-0.15, -0.1) is 0 Å². The number of rotatable bonds is 6. The lowest BCUT2D eigenvalue weighted by Crippen LogP contribution is -2.51. The molecule has 1 fully saturated rings. The lowest BCUT2D eigenvalue weighted by Gasteiger charge is -2.39. The summed E-state index contributed by atoms with van der Waals surface area (Å²) in [6, 6.07) is 10.0. The maximum Gasteiger partial charge on any atom is 0.194 e. The van der Waals surface area contributed by atoms with Crippen LogP contribution in [0.5, 0.6) is 0 Å².